The van der Waals surface area contributed by atoms with Gasteiger partial charge in [0, 0.05) is 29.0 Å². The summed E-state index contributed by atoms with van der Waals surface area (Å²) in [4.78, 5) is 4.24. The zero-order chi connectivity index (χ0) is 16.6. The minimum atomic E-state index is 0.372. The van der Waals surface area contributed by atoms with E-state index in [0.717, 1.165) is 19.3 Å². The van der Waals surface area contributed by atoms with Crippen LogP contribution in [-0.2, 0) is 6.42 Å². The van der Waals surface area contributed by atoms with Crippen molar-refractivity contribution in [3.63, 3.8) is 0 Å². The molecular weight excluding hydrogens is 304 g/mol. The van der Waals surface area contributed by atoms with Gasteiger partial charge in [0.2, 0.25) is 0 Å². The number of aromatic nitrogens is 2. The number of rotatable bonds is 2. The SMILES string of the molecule is C1=Cc2c(c3ccccc3n2C2C=CC(c3cccnc3)=CC2)CC1. The highest BCUT2D eigenvalue weighted by Crippen LogP contribution is 2.37. The second kappa shape index (κ2) is 5.89. The Morgan fingerprint density at radius 1 is 1.04 bits per heavy atom. The molecule has 1 aromatic carbocycles. The van der Waals surface area contributed by atoms with E-state index in [1.807, 2.05) is 18.5 Å². The average molecular weight is 324 g/mol. The van der Waals surface area contributed by atoms with Crippen LogP contribution in [0.4, 0.5) is 0 Å². The van der Waals surface area contributed by atoms with Crippen molar-refractivity contribution >= 4 is 22.6 Å². The van der Waals surface area contributed by atoms with Gasteiger partial charge in [-0.15, -0.1) is 0 Å². The number of allylic oxidation sites excluding steroid dienone is 5. The maximum Gasteiger partial charge on any atom is 0.0560 e. The van der Waals surface area contributed by atoms with Crippen LogP contribution in [0.3, 0.4) is 0 Å². The van der Waals surface area contributed by atoms with Crippen LogP contribution in [0.2, 0.25) is 0 Å². The fourth-order valence-corrected chi connectivity index (χ4v) is 4.12. The molecule has 2 heterocycles. The topological polar surface area (TPSA) is 17.8 Å². The first-order chi connectivity index (χ1) is 12.4. The predicted molar refractivity (Wildman–Crippen MR) is 104 cm³/mol. The molecule has 122 valence electrons. The molecule has 0 N–H and O–H groups in total. The summed E-state index contributed by atoms with van der Waals surface area (Å²) in [5.41, 5.74) is 6.71. The first-order valence-corrected chi connectivity index (χ1v) is 8.99. The molecule has 1 atom stereocenters. The third kappa shape index (κ3) is 2.37. The normalized spacial score (nSPS) is 19.0. The van der Waals surface area contributed by atoms with E-state index in [2.05, 4.69) is 70.3 Å². The van der Waals surface area contributed by atoms with Crippen molar-refractivity contribution in [1.29, 1.82) is 0 Å². The van der Waals surface area contributed by atoms with Gasteiger partial charge >= 0.3 is 0 Å². The van der Waals surface area contributed by atoms with Crippen LogP contribution in [-0.4, -0.2) is 9.55 Å². The Balaban J connectivity index is 1.57. The highest BCUT2D eigenvalue weighted by molar-refractivity contribution is 5.89. The Morgan fingerprint density at radius 3 is 2.84 bits per heavy atom. The molecule has 3 aromatic rings. The lowest BCUT2D eigenvalue weighted by Crippen LogP contribution is -2.11. The van der Waals surface area contributed by atoms with E-state index in [1.54, 1.807) is 0 Å². The van der Waals surface area contributed by atoms with Crippen LogP contribution in [0.15, 0.2) is 73.1 Å². The second-order valence-corrected chi connectivity index (χ2v) is 6.76. The summed E-state index contributed by atoms with van der Waals surface area (Å²) >= 11 is 0. The van der Waals surface area contributed by atoms with Gasteiger partial charge in [-0.1, -0.05) is 48.6 Å². The van der Waals surface area contributed by atoms with Gasteiger partial charge in [-0.2, -0.15) is 0 Å². The summed E-state index contributed by atoms with van der Waals surface area (Å²) in [6, 6.07) is 13.3. The molecule has 0 radical (unpaired) electrons. The molecule has 2 heteroatoms. The van der Waals surface area contributed by atoms with Gasteiger partial charge in [0.1, 0.15) is 0 Å². The molecule has 0 fully saturated rings. The number of nitrogens with zero attached hydrogens (tertiary/aromatic N) is 2. The third-order valence-electron chi connectivity index (χ3n) is 5.30. The number of para-hydroxylation sites is 1. The fourth-order valence-electron chi connectivity index (χ4n) is 4.12. The Morgan fingerprint density at radius 2 is 2.00 bits per heavy atom. The third-order valence-corrected chi connectivity index (χ3v) is 5.30. The summed E-state index contributed by atoms with van der Waals surface area (Å²) in [7, 11) is 0. The summed E-state index contributed by atoms with van der Waals surface area (Å²) in [5, 5.41) is 1.41. The van der Waals surface area contributed by atoms with Crippen LogP contribution in [0.1, 0.15) is 35.7 Å². The number of hydrogen-bond acceptors (Lipinski definition) is 1. The smallest absolute Gasteiger partial charge is 0.0560 e. The van der Waals surface area contributed by atoms with E-state index in [0.29, 0.717) is 6.04 Å². The van der Waals surface area contributed by atoms with E-state index in [4.69, 9.17) is 0 Å². The van der Waals surface area contributed by atoms with Crippen molar-refractivity contribution in [2.75, 3.05) is 0 Å². The minimum Gasteiger partial charge on any atom is -0.333 e. The average Bonchev–Trinajstić information content (AvgIpc) is 3.03. The van der Waals surface area contributed by atoms with Crippen molar-refractivity contribution in [2.24, 2.45) is 0 Å². The van der Waals surface area contributed by atoms with Gasteiger partial charge in [-0.25, -0.2) is 0 Å². The maximum atomic E-state index is 4.24. The number of aryl methyl sites for hydroxylation is 1. The molecule has 2 nitrogen and oxygen atoms in total. The number of hydrogen-bond donors (Lipinski definition) is 0. The van der Waals surface area contributed by atoms with Gasteiger partial charge in [-0.05, 0) is 54.2 Å². The van der Waals surface area contributed by atoms with E-state index < -0.39 is 0 Å². The highest BCUT2D eigenvalue weighted by atomic mass is 15.0. The molecule has 0 saturated carbocycles. The molecule has 0 amide bonds. The molecule has 2 aliphatic rings. The van der Waals surface area contributed by atoms with Crippen LogP contribution in [0.25, 0.3) is 22.6 Å². The van der Waals surface area contributed by atoms with Gasteiger partial charge in [0.15, 0.2) is 0 Å². The molecule has 0 spiro atoms. The summed E-state index contributed by atoms with van der Waals surface area (Å²) in [6.07, 6.45) is 18.6. The van der Waals surface area contributed by atoms with E-state index in [1.165, 1.54) is 33.3 Å². The molecule has 2 aliphatic carbocycles. The van der Waals surface area contributed by atoms with Crippen molar-refractivity contribution in [2.45, 2.75) is 25.3 Å². The van der Waals surface area contributed by atoms with Crippen molar-refractivity contribution in [3.05, 3.63) is 89.9 Å². The number of fused-ring (bicyclic) bond motifs is 3. The quantitative estimate of drug-likeness (QED) is 0.601. The summed E-state index contributed by atoms with van der Waals surface area (Å²) in [5.74, 6) is 0. The summed E-state index contributed by atoms with van der Waals surface area (Å²) < 4.78 is 2.52. The lowest BCUT2D eigenvalue weighted by Gasteiger charge is -2.22. The summed E-state index contributed by atoms with van der Waals surface area (Å²) in [6.45, 7) is 0. The fraction of sp³-hybridized carbons (Fsp3) is 0.174. The van der Waals surface area contributed by atoms with Crippen LogP contribution >= 0.6 is 0 Å². The number of pyridine rings is 1. The molecule has 0 aliphatic heterocycles. The maximum absolute atomic E-state index is 4.24. The molecule has 1 unspecified atom stereocenters. The minimum absolute atomic E-state index is 0.372. The second-order valence-electron chi connectivity index (χ2n) is 6.76. The first kappa shape index (κ1) is 14.5. The van der Waals surface area contributed by atoms with Crippen molar-refractivity contribution in [1.82, 2.24) is 9.55 Å². The monoisotopic (exact) mass is 324 g/mol. The van der Waals surface area contributed by atoms with Crippen LogP contribution in [0.5, 0.6) is 0 Å². The van der Waals surface area contributed by atoms with E-state index in [-0.39, 0.29) is 0 Å². The zero-order valence-corrected chi connectivity index (χ0v) is 14.1. The highest BCUT2D eigenvalue weighted by Gasteiger charge is 2.21. The Hall–Kier alpha value is -2.87. The van der Waals surface area contributed by atoms with Gasteiger partial charge in [-0.3, -0.25) is 4.98 Å². The molecule has 25 heavy (non-hydrogen) atoms. The molecule has 5 rings (SSSR count). The lowest BCUT2D eigenvalue weighted by atomic mass is 9.97. The Labute approximate surface area is 147 Å². The van der Waals surface area contributed by atoms with Gasteiger partial charge < -0.3 is 4.57 Å². The molecule has 2 aromatic heterocycles. The molecule has 0 saturated heterocycles. The van der Waals surface area contributed by atoms with Crippen molar-refractivity contribution in [3.8, 4) is 0 Å². The standard InChI is InChI=1S/C23H20N2/c1-3-9-22-20(7-1)21-8-2-4-10-23(21)25(22)19-13-11-17(12-14-19)18-6-5-15-24-16-18/h1,3-7,9-13,15-16,19H,2,8,14H2. The van der Waals surface area contributed by atoms with E-state index >= 15 is 0 Å². The molecule has 0 bridgehead atoms. The van der Waals surface area contributed by atoms with Gasteiger partial charge in [0.25, 0.3) is 0 Å². The first-order valence-electron chi connectivity index (χ1n) is 8.99. The zero-order valence-electron chi connectivity index (χ0n) is 14.1. The Kier molecular flexibility index (Phi) is 3.41. The number of benzene rings is 1. The largest absolute Gasteiger partial charge is 0.333 e. The van der Waals surface area contributed by atoms with Gasteiger partial charge in [0.05, 0.1) is 6.04 Å². The Bertz CT molecular complexity index is 1020. The lowest BCUT2D eigenvalue weighted by molar-refractivity contribution is 0.622. The van der Waals surface area contributed by atoms with Crippen molar-refractivity contribution < 1.29 is 0 Å². The molecular formula is C23H20N2. The predicted octanol–water partition coefficient (Wildman–Crippen LogP) is 5.58. The van der Waals surface area contributed by atoms with Crippen LogP contribution in [0, 0.1) is 0 Å². The van der Waals surface area contributed by atoms with E-state index in [9.17, 15) is 0 Å². The van der Waals surface area contributed by atoms with Crippen LogP contribution < -0.4 is 0 Å².